The molecule has 0 saturated carbocycles. The van der Waals surface area contributed by atoms with E-state index < -0.39 is 11.6 Å². The highest BCUT2D eigenvalue weighted by Crippen LogP contribution is 2.25. The standard InChI is InChI=1S/C15H13F2NOS/c16-11-5-1-3-9(15(11)17)8-20-14-7-13(19)10-4-2-6-12(10)18-14/h1,3,5,7H,2,4,6,8H2,(H,18,19). The summed E-state index contributed by atoms with van der Waals surface area (Å²) in [4.78, 5) is 15.1. The Labute approximate surface area is 119 Å². The molecule has 0 amide bonds. The van der Waals surface area contributed by atoms with Crippen LogP contribution in [0.3, 0.4) is 0 Å². The molecule has 0 radical (unpaired) electrons. The fourth-order valence-corrected chi connectivity index (χ4v) is 3.36. The summed E-state index contributed by atoms with van der Waals surface area (Å²) >= 11 is 1.31. The molecular formula is C15H13F2NOS. The molecule has 20 heavy (non-hydrogen) atoms. The molecule has 1 aromatic heterocycles. The van der Waals surface area contributed by atoms with Gasteiger partial charge in [0, 0.05) is 28.6 Å². The Kier molecular flexibility index (Phi) is 3.61. The molecule has 0 bridgehead atoms. The smallest absolute Gasteiger partial charge is 0.186 e. The molecule has 1 N–H and O–H groups in total. The Morgan fingerprint density at radius 1 is 1.25 bits per heavy atom. The summed E-state index contributed by atoms with van der Waals surface area (Å²) in [6.45, 7) is 0. The van der Waals surface area contributed by atoms with Crippen molar-refractivity contribution in [2.24, 2.45) is 0 Å². The molecule has 1 aromatic carbocycles. The number of halogens is 2. The molecule has 0 fully saturated rings. The van der Waals surface area contributed by atoms with Crippen molar-refractivity contribution in [3.8, 4) is 0 Å². The first-order valence-corrected chi connectivity index (χ1v) is 7.44. The van der Waals surface area contributed by atoms with Crippen LogP contribution < -0.4 is 5.43 Å². The fraction of sp³-hybridized carbons (Fsp3) is 0.267. The van der Waals surface area contributed by atoms with Gasteiger partial charge in [-0.15, -0.1) is 11.8 Å². The number of pyridine rings is 1. The summed E-state index contributed by atoms with van der Waals surface area (Å²) in [6, 6.07) is 5.68. The minimum atomic E-state index is -0.842. The molecule has 0 spiro atoms. The molecule has 0 atom stereocenters. The van der Waals surface area contributed by atoms with Gasteiger partial charge in [-0.2, -0.15) is 0 Å². The minimum absolute atomic E-state index is 0.0402. The third-order valence-electron chi connectivity index (χ3n) is 3.47. The number of benzene rings is 1. The first-order valence-electron chi connectivity index (χ1n) is 6.46. The largest absolute Gasteiger partial charge is 0.353 e. The number of nitrogens with one attached hydrogen (secondary N) is 1. The zero-order chi connectivity index (χ0) is 14.1. The lowest BCUT2D eigenvalue weighted by molar-refractivity contribution is 0.502. The van der Waals surface area contributed by atoms with E-state index in [0.29, 0.717) is 16.3 Å². The summed E-state index contributed by atoms with van der Waals surface area (Å²) in [6.07, 6.45) is 2.70. The second kappa shape index (κ2) is 5.40. The molecule has 0 aliphatic heterocycles. The first-order chi connectivity index (χ1) is 9.65. The van der Waals surface area contributed by atoms with Crippen molar-refractivity contribution in [2.75, 3.05) is 0 Å². The van der Waals surface area contributed by atoms with Crippen LogP contribution in [0.15, 0.2) is 34.1 Å². The van der Waals surface area contributed by atoms with Gasteiger partial charge in [0.2, 0.25) is 0 Å². The Morgan fingerprint density at radius 3 is 2.95 bits per heavy atom. The molecule has 1 aliphatic rings. The van der Waals surface area contributed by atoms with Crippen LogP contribution in [-0.4, -0.2) is 4.98 Å². The third-order valence-corrected chi connectivity index (χ3v) is 4.45. The lowest BCUT2D eigenvalue weighted by Gasteiger charge is -2.06. The van der Waals surface area contributed by atoms with Crippen molar-refractivity contribution >= 4 is 11.8 Å². The maximum atomic E-state index is 13.5. The topological polar surface area (TPSA) is 32.9 Å². The summed E-state index contributed by atoms with van der Waals surface area (Å²) in [5.74, 6) is -1.37. The molecule has 0 saturated heterocycles. The lowest BCUT2D eigenvalue weighted by Crippen LogP contribution is -2.09. The highest BCUT2D eigenvalue weighted by molar-refractivity contribution is 7.98. The number of aromatic amines is 1. The van der Waals surface area contributed by atoms with E-state index in [9.17, 15) is 13.6 Å². The van der Waals surface area contributed by atoms with E-state index in [1.54, 1.807) is 12.1 Å². The predicted octanol–water partition coefficient (Wildman–Crippen LogP) is 3.43. The van der Waals surface area contributed by atoms with Crippen molar-refractivity contribution in [3.05, 3.63) is 62.9 Å². The molecule has 0 unspecified atom stereocenters. The first kappa shape index (κ1) is 13.4. The van der Waals surface area contributed by atoms with Crippen LogP contribution >= 0.6 is 11.8 Å². The van der Waals surface area contributed by atoms with Crippen molar-refractivity contribution in [2.45, 2.75) is 30.0 Å². The van der Waals surface area contributed by atoms with E-state index in [4.69, 9.17) is 0 Å². The highest BCUT2D eigenvalue weighted by atomic mass is 32.2. The van der Waals surface area contributed by atoms with Gasteiger partial charge < -0.3 is 4.98 Å². The summed E-state index contributed by atoms with van der Waals surface area (Å²) < 4.78 is 26.6. The molecule has 1 aliphatic carbocycles. The van der Waals surface area contributed by atoms with Gasteiger partial charge in [0.25, 0.3) is 0 Å². The van der Waals surface area contributed by atoms with E-state index in [0.717, 1.165) is 36.6 Å². The summed E-state index contributed by atoms with van der Waals surface area (Å²) in [5.41, 5.74) is 2.20. The number of H-pyrrole nitrogens is 1. The lowest BCUT2D eigenvalue weighted by atomic mass is 10.2. The van der Waals surface area contributed by atoms with Gasteiger partial charge in [-0.3, -0.25) is 4.79 Å². The van der Waals surface area contributed by atoms with Crippen molar-refractivity contribution in [3.63, 3.8) is 0 Å². The van der Waals surface area contributed by atoms with Crippen LogP contribution in [-0.2, 0) is 18.6 Å². The normalized spacial score (nSPS) is 13.5. The van der Waals surface area contributed by atoms with Gasteiger partial charge in [-0.1, -0.05) is 12.1 Å². The molecule has 5 heteroatoms. The predicted molar refractivity (Wildman–Crippen MR) is 75.0 cm³/mol. The molecule has 104 valence electrons. The minimum Gasteiger partial charge on any atom is -0.353 e. The summed E-state index contributed by atoms with van der Waals surface area (Å²) in [5, 5.41) is 0.708. The zero-order valence-corrected chi connectivity index (χ0v) is 11.5. The Balaban J connectivity index is 1.81. The van der Waals surface area contributed by atoms with Crippen molar-refractivity contribution < 1.29 is 8.78 Å². The van der Waals surface area contributed by atoms with Crippen LogP contribution in [0, 0.1) is 11.6 Å². The molecular weight excluding hydrogens is 280 g/mol. The fourth-order valence-electron chi connectivity index (χ4n) is 2.44. The molecule has 2 aromatic rings. The zero-order valence-electron chi connectivity index (χ0n) is 10.7. The number of rotatable bonds is 3. The quantitative estimate of drug-likeness (QED) is 0.879. The maximum absolute atomic E-state index is 13.5. The van der Waals surface area contributed by atoms with Crippen LogP contribution in [0.5, 0.6) is 0 Å². The highest BCUT2D eigenvalue weighted by Gasteiger charge is 2.16. The second-order valence-corrected chi connectivity index (χ2v) is 5.83. The number of hydrogen-bond acceptors (Lipinski definition) is 2. The van der Waals surface area contributed by atoms with E-state index in [-0.39, 0.29) is 5.43 Å². The number of hydrogen-bond donors (Lipinski definition) is 1. The van der Waals surface area contributed by atoms with Crippen molar-refractivity contribution in [1.29, 1.82) is 0 Å². The van der Waals surface area contributed by atoms with Gasteiger partial charge in [0.15, 0.2) is 17.1 Å². The average Bonchev–Trinajstić information content (AvgIpc) is 2.89. The van der Waals surface area contributed by atoms with Gasteiger partial charge in [0.05, 0.1) is 5.03 Å². The number of aromatic nitrogens is 1. The monoisotopic (exact) mass is 293 g/mol. The maximum Gasteiger partial charge on any atom is 0.186 e. The van der Waals surface area contributed by atoms with Crippen LogP contribution in [0.25, 0.3) is 0 Å². The number of thioether (sulfide) groups is 1. The van der Waals surface area contributed by atoms with Crippen LogP contribution in [0.2, 0.25) is 0 Å². The third kappa shape index (κ3) is 2.50. The average molecular weight is 293 g/mol. The van der Waals surface area contributed by atoms with E-state index >= 15 is 0 Å². The van der Waals surface area contributed by atoms with Crippen LogP contribution in [0.1, 0.15) is 23.2 Å². The SMILES string of the molecule is O=c1cc(SCc2cccc(F)c2F)[nH]c2c1CCC2. The molecule has 1 heterocycles. The molecule has 3 rings (SSSR count). The number of fused-ring (bicyclic) bond motifs is 1. The van der Waals surface area contributed by atoms with E-state index in [1.165, 1.54) is 17.8 Å². The second-order valence-electron chi connectivity index (χ2n) is 4.81. The van der Waals surface area contributed by atoms with Gasteiger partial charge in [0.1, 0.15) is 0 Å². The van der Waals surface area contributed by atoms with Gasteiger partial charge in [-0.05, 0) is 25.3 Å². The van der Waals surface area contributed by atoms with E-state index in [1.807, 2.05) is 0 Å². The number of aryl methyl sites for hydroxylation is 1. The van der Waals surface area contributed by atoms with Gasteiger partial charge >= 0.3 is 0 Å². The Hall–Kier alpha value is -1.62. The summed E-state index contributed by atoms with van der Waals surface area (Å²) in [7, 11) is 0. The van der Waals surface area contributed by atoms with Crippen LogP contribution in [0.4, 0.5) is 8.78 Å². The Morgan fingerprint density at radius 2 is 2.10 bits per heavy atom. The van der Waals surface area contributed by atoms with Gasteiger partial charge in [-0.25, -0.2) is 8.78 Å². The molecule has 2 nitrogen and oxygen atoms in total. The van der Waals surface area contributed by atoms with E-state index in [2.05, 4.69) is 4.98 Å². The van der Waals surface area contributed by atoms with Crippen molar-refractivity contribution in [1.82, 2.24) is 4.98 Å². The Bertz CT molecular complexity index is 712.